The van der Waals surface area contributed by atoms with Crippen molar-refractivity contribution in [3.63, 3.8) is 0 Å². The Balaban J connectivity index is 1.40. The van der Waals surface area contributed by atoms with Gasteiger partial charge < -0.3 is 9.64 Å². The first-order chi connectivity index (χ1) is 13.1. The van der Waals surface area contributed by atoms with Gasteiger partial charge in [0, 0.05) is 30.6 Å². The summed E-state index contributed by atoms with van der Waals surface area (Å²) in [6.45, 7) is 1.99. The van der Waals surface area contributed by atoms with Gasteiger partial charge >= 0.3 is 6.09 Å². The maximum Gasteiger partial charge on any atom is 0.410 e. The highest BCUT2D eigenvalue weighted by Crippen LogP contribution is 2.35. The van der Waals surface area contributed by atoms with Crippen molar-refractivity contribution in [2.75, 3.05) is 26.7 Å². The second-order valence-electron chi connectivity index (χ2n) is 7.09. The Bertz CT molecular complexity index is 863. The number of hydrogen-bond acceptors (Lipinski definition) is 5. The van der Waals surface area contributed by atoms with Gasteiger partial charge in [-0.2, -0.15) is 0 Å². The summed E-state index contributed by atoms with van der Waals surface area (Å²) in [6.07, 6.45) is 2.94. The zero-order valence-electron chi connectivity index (χ0n) is 15.2. The second kappa shape index (κ2) is 7.64. The van der Waals surface area contributed by atoms with E-state index in [1.54, 1.807) is 16.2 Å². The topological polar surface area (TPSA) is 62.7 Å². The molecular formula is C19H22ClN3O3S. The molecule has 2 saturated heterocycles. The number of piperidine rings is 1. The lowest BCUT2D eigenvalue weighted by Crippen LogP contribution is -2.49. The number of amides is 2. The lowest BCUT2D eigenvalue weighted by Gasteiger charge is -2.34. The van der Waals surface area contributed by atoms with Crippen LogP contribution in [-0.4, -0.2) is 59.6 Å². The smallest absolute Gasteiger partial charge is 0.410 e. The number of nitrogens with zero attached hydrogens (tertiary/aromatic N) is 3. The molecule has 1 aromatic heterocycles. The van der Waals surface area contributed by atoms with E-state index < -0.39 is 6.09 Å². The summed E-state index contributed by atoms with van der Waals surface area (Å²) < 4.78 is 5.96. The molecule has 0 spiro atoms. The minimum Gasteiger partial charge on any atom is -0.453 e. The maximum absolute atomic E-state index is 12.9. The summed E-state index contributed by atoms with van der Waals surface area (Å²) in [6, 6.07) is 5.43. The molecule has 8 heteroatoms. The van der Waals surface area contributed by atoms with Crippen molar-refractivity contribution < 1.29 is 14.3 Å². The van der Waals surface area contributed by atoms with Gasteiger partial charge in [-0.1, -0.05) is 11.6 Å². The van der Waals surface area contributed by atoms with Crippen LogP contribution in [0.25, 0.3) is 10.2 Å². The molecule has 2 fully saturated rings. The normalized spacial score (nSPS) is 21.0. The Kier molecular flexibility index (Phi) is 5.23. The van der Waals surface area contributed by atoms with Crippen LogP contribution >= 0.6 is 22.9 Å². The van der Waals surface area contributed by atoms with E-state index in [1.807, 2.05) is 23.1 Å². The van der Waals surface area contributed by atoms with Crippen molar-refractivity contribution in [3.05, 3.63) is 28.2 Å². The number of rotatable bonds is 2. The number of ether oxygens (including phenoxy) is 1. The quantitative estimate of drug-likeness (QED) is 0.757. The zero-order chi connectivity index (χ0) is 19.0. The molecule has 2 aliphatic rings. The van der Waals surface area contributed by atoms with Gasteiger partial charge in [0.15, 0.2) is 0 Å². The van der Waals surface area contributed by atoms with Gasteiger partial charge in [-0.3, -0.25) is 9.69 Å². The summed E-state index contributed by atoms with van der Waals surface area (Å²) in [4.78, 5) is 33.0. The van der Waals surface area contributed by atoms with Crippen LogP contribution in [0.3, 0.4) is 0 Å². The number of methoxy groups -OCH3 is 1. The van der Waals surface area contributed by atoms with Gasteiger partial charge in [0.05, 0.1) is 22.3 Å². The fourth-order valence-electron chi connectivity index (χ4n) is 4.01. The average molecular weight is 408 g/mol. The maximum atomic E-state index is 12.9. The van der Waals surface area contributed by atoms with E-state index in [1.165, 1.54) is 7.11 Å². The molecule has 27 heavy (non-hydrogen) atoms. The Morgan fingerprint density at radius 1 is 1.22 bits per heavy atom. The van der Waals surface area contributed by atoms with Crippen LogP contribution in [0.5, 0.6) is 0 Å². The summed E-state index contributed by atoms with van der Waals surface area (Å²) in [5.41, 5.74) is 0.945. The van der Waals surface area contributed by atoms with E-state index in [9.17, 15) is 9.59 Å². The molecule has 0 bridgehead atoms. The predicted octanol–water partition coefficient (Wildman–Crippen LogP) is 3.89. The molecule has 2 aliphatic heterocycles. The van der Waals surface area contributed by atoms with Gasteiger partial charge in [-0.15, -0.1) is 11.3 Å². The lowest BCUT2D eigenvalue weighted by molar-refractivity contribution is -0.136. The molecule has 0 saturated carbocycles. The van der Waals surface area contributed by atoms with Crippen LogP contribution in [0.15, 0.2) is 18.2 Å². The molecule has 144 valence electrons. The SMILES string of the molecule is COC(=O)N1CCCC1C(=O)N1CCC(c2nc3cc(Cl)ccc3s2)CC1. The Morgan fingerprint density at radius 3 is 2.74 bits per heavy atom. The van der Waals surface area contributed by atoms with Crippen LogP contribution in [0.4, 0.5) is 4.79 Å². The van der Waals surface area contributed by atoms with Crippen LogP contribution < -0.4 is 0 Å². The number of carbonyl (C=O) groups is 2. The number of fused-ring (bicyclic) bond motifs is 1. The molecule has 0 aliphatic carbocycles. The summed E-state index contributed by atoms with van der Waals surface area (Å²) in [5, 5.41) is 1.82. The third-order valence-corrected chi connectivity index (χ3v) is 6.90. The highest BCUT2D eigenvalue weighted by atomic mass is 35.5. The van der Waals surface area contributed by atoms with Gasteiger partial charge in [0.2, 0.25) is 5.91 Å². The van der Waals surface area contributed by atoms with Crippen molar-refractivity contribution in [2.24, 2.45) is 0 Å². The molecule has 2 amide bonds. The molecular weight excluding hydrogens is 386 g/mol. The van der Waals surface area contributed by atoms with Crippen LogP contribution in [-0.2, 0) is 9.53 Å². The first-order valence-corrected chi connectivity index (χ1v) is 10.5. The molecule has 1 aromatic carbocycles. The molecule has 0 N–H and O–H groups in total. The number of thiazole rings is 1. The molecule has 1 atom stereocenters. The Labute approximate surface area is 167 Å². The van der Waals surface area contributed by atoms with E-state index >= 15 is 0 Å². The van der Waals surface area contributed by atoms with Crippen LogP contribution in [0.2, 0.25) is 5.02 Å². The van der Waals surface area contributed by atoms with Gasteiger partial charge in [-0.25, -0.2) is 9.78 Å². The van der Waals surface area contributed by atoms with E-state index in [4.69, 9.17) is 21.3 Å². The average Bonchev–Trinajstić information content (AvgIpc) is 3.33. The minimum atomic E-state index is -0.408. The van der Waals surface area contributed by atoms with E-state index in [0.29, 0.717) is 37.0 Å². The summed E-state index contributed by atoms with van der Waals surface area (Å²) in [5.74, 6) is 0.415. The van der Waals surface area contributed by atoms with Crippen molar-refractivity contribution in [3.8, 4) is 0 Å². The van der Waals surface area contributed by atoms with Gasteiger partial charge in [0.1, 0.15) is 6.04 Å². The largest absolute Gasteiger partial charge is 0.453 e. The fourth-order valence-corrected chi connectivity index (χ4v) is 5.29. The summed E-state index contributed by atoms with van der Waals surface area (Å²) >= 11 is 7.77. The standard InChI is InChI=1S/C19H22ClN3O3S/c1-26-19(25)23-8-2-3-15(23)18(24)22-9-6-12(7-10-22)17-21-14-11-13(20)4-5-16(14)27-17/h4-5,11-12,15H,2-3,6-10H2,1H3. The monoisotopic (exact) mass is 407 g/mol. The van der Waals surface area contributed by atoms with Crippen molar-refractivity contribution in [1.82, 2.24) is 14.8 Å². The predicted molar refractivity (Wildman–Crippen MR) is 105 cm³/mol. The molecule has 2 aromatic rings. The van der Waals surface area contributed by atoms with Crippen molar-refractivity contribution in [2.45, 2.75) is 37.6 Å². The van der Waals surface area contributed by atoms with Crippen LogP contribution in [0.1, 0.15) is 36.6 Å². The first kappa shape index (κ1) is 18.5. The molecule has 0 radical (unpaired) electrons. The second-order valence-corrected chi connectivity index (χ2v) is 8.58. The van der Waals surface area contributed by atoms with Crippen molar-refractivity contribution in [1.29, 1.82) is 0 Å². The highest BCUT2D eigenvalue weighted by Gasteiger charge is 2.38. The fraction of sp³-hybridized carbons (Fsp3) is 0.526. The lowest BCUT2D eigenvalue weighted by atomic mass is 9.97. The number of halogens is 1. The third-order valence-electron chi connectivity index (χ3n) is 5.47. The molecule has 3 heterocycles. The molecule has 1 unspecified atom stereocenters. The number of benzene rings is 1. The third kappa shape index (κ3) is 3.62. The number of likely N-dealkylation sites (tertiary alicyclic amines) is 2. The number of hydrogen-bond donors (Lipinski definition) is 0. The van der Waals surface area contributed by atoms with E-state index in [0.717, 1.165) is 34.5 Å². The molecule has 4 rings (SSSR count). The van der Waals surface area contributed by atoms with Gasteiger partial charge in [-0.05, 0) is 43.9 Å². The van der Waals surface area contributed by atoms with E-state index in [-0.39, 0.29) is 11.9 Å². The van der Waals surface area contributed by atoms with Gasteiger partial charge in [0.25, 0.3) is 0 Å². The first-order valence-electron chi connectivity index (χ1n) is 9.26. The van der Waals surface area contributed by atoms with E-state index in [2.05, 4.69) is 0 Å². The highest BCUT2D eigenvalue weighted by molar-refractivity contribution is 7.18. The summed E-state index contributed by atoms with van der Waals surface area (Å²) in [7, 11) is 1.36. The Hall–Kier alpha value is -1.86. The minimum absolute atomic E-state index is 0.0485. The number of carbonyl (C=O) groups excluding carboxylic acids is 2. The van der Waals surface area contributed by atoms with Crippen molar-refractivity contribution >= 4 is 45.2 Å². The van der Waals surface area contributed by atoms with Crippen LogP contribution in [0, 0.1) is 0 Å². The zero-order valence-corrected chi connectivity index (χ0v) is 16.8. The molecule has 6 nitrogen and oxygen atoms in total. The Morgan fingerprint density at radius 2 is 2.00 bits per heavy atom. The number of aromatic nitrogens is 1.